The summed E-state index contributed by atoms with van der Waals surface area (Å²) in [6, 6.07) is 14.1. The van der Waals surface area contributed by atoms with Crippen molar-refractivity contribution in [2.45, 2.75) is 26.3 Å². The van der Waals surface area contributed by atoms with Gasteiger partial charge < -0.3 is 0 Å². The molecule has 0 aromatic heterocycles. The zero-order valence-electron chi connectivity index (χ0n) is 16.0. The van der Waals surface area contributed by atoms with E-state index in [0.29, 0.717) is 23.4 Å². The summed E-state index contributed by atoms with van der Waals surface area (Å²) < 4.78 is 51.8. The van der Waals surface area contributed by atoms with Crippen molar-refractivity contribution in [1.29, 1.82) is 0 Å². The summed E-state index contributed by atoms with van der Waals surface area (Å²) in [5, 5.41) is 4.35. The number of hydrogen-bond donors (Lipinski definition) is 1. The second-order valence-corrected chi connectivity index (χ2v) is 10.7. The largest absolute Gasteiger partial charge is 0.284 e. The number of benzene rings is 2. The lowest BCUT2D eigenvalue weighted by atomic mass is 9.98. The first-order valence-electron chi connectivity index (χ1n) is 8.83. The number of anilines is 1. The van der Waals surface area contributed by atoms with Crippen molar-refractivity contribution in [2.24, 2.45) is 5.10 Å². The van der Waals surface area contributed by atoms with Crippen LogP contribution < -0.4 is 4.72 Å². The molecule has 1 atom stereocenters. The lowest BCUT2D eigenvalue weighted by Crippen LogP contribution is -2.25. The van der Waals surface area contributed by atoms with E-state index in [-0.39, 0.29) is 5.75 Å². The molecule has 1 aliphatic heterocycles. The molecule has 0 aliphatic carbocycles. The fraction of sp³-hybridized carbons (Fsp3) is 0.316. The van der Waals surface area contributed by atoms with Gasteiger partial charge in [0, 0.05) is 12.1 Å². The molecule has 2 aromatic carbocycles. The quantitative estimate of drug-likeness (QED) is 0.776. The smallest absolute Gasteiger partial charge is 0.247 e. The summed E-state index contributed by atoms with van der Waals surface area (Å²) in [4.78, 5) is 0. The van der Waals surface area contributed by atoms with E-state index in [1.165, 1.54) is 0 Å². The van der Waals surface area contributed by atoms with E-state index in [1.54, 1.807) is 31.2 Å². The van der Waals surface area contributed by atoms with E-state index in [0.717, 1.165) is 21.8 Å². The second-order valence-electron chi connectivity index (χ2n) is 6.80. The predicted octanol–water partition coefficient (Wildman–Crippen LogP) is 2.87. The van der Waals surface area contributed by atoms with Crippen LogP contribution in [0.25, 0.3) is 0 Å². The van der Waals surface area contributed by atoms with Gasteiger partial charge in [-0.25, -0.2) is 16.8 Å². The third kappa shape index (κ3) is 4.53. The molecule has 28 heavy (non-hydrogen) atoms. The molecular weight excluding hydrogens is 398 g/mol. The third-order valence-electron chi connectivity index (χ3n) is 4.52. The lowest BCUT2D eigenvalue weighted by Gasteiger charge is -2.21. The van der Waals surface area contributed by atoms with Gasteiger partial charge >= 0.3 is 0 Å². The predicted molar refractivity (Wildman–Crippen MR) is 111 cm³/mol. The Balaban J connectivity index is 1.95. The molecule has 1 N–H and O–H groups in total. The average Bonchev–Trinajstić information content (AvgIpc) is 3.08. The minimum atomic E-state index is -3.56. The van der Waals surface area contributed by atoms with Crippen LogP contribution in [0.2, 0.25) is 0 Å². The molecule has 1 aliphatic rings. The van der Waals surface area contributed by atoms with Gasteiger partial charge in [0.2, 0.25) is 20.0 Å². The highest BCUT2D eigenvalue weighted by molar-refractivity contribution is 7.92. The molecule has 0 saturated carbocycles. The van der Waals surface area contributed by atoms with Gasteiger partial charge in [0.25, 0.3) is 0 Å². The van der Waals surface area contributed by atoms with Gasteiger partial charge in [-0.15, -0.1) is 0 Å². The summed E-state index contributed by atoms with van der Waals surface area (Å²) in [5.74, 6) is -0.0322. The van der Waals surface area contributed by atoms with Gasteiger partial charge in [0.15, 0.2) is 0 Å². The van der Waals surface area contributed by atoms with Crippen LogP contribution in [0.15, 0.2) is 53.6 Å². The van der Waals surface area contributed by atoms with Gasteiger partial charge in [-0.05, 0) is 37.1 Å². The standard InChI is InChI=1S/C19H23N3O4S2/c1-4-28(25,26)21-17-7-5-6-16(12-17)18-13-19(22(20-18)27(3,23)24)15-10-8-14(2)9-11-15/h5-12,19,21H,4,13H2,1-3H3/t19-/m0/s1. The zero-order chi connectivity index (χ0) is 20.5. The normalized spacial score (nSPS) is 17.5. The third-order valence-corrected chi connectivity index (χ3v) is 6.85. The minimum absolute atomic E-state index is 0.0322. The maximum Gasteiger partial charge on any atom is 0.247 e. The molecular formula is C19H23N3O4S2. The van der Waals surface area contributed by atoms with E-state index in [9.17, 15) is 16.8 Å². The topological polar surface area (TPSA) is 95.9 Å². The Labute approximate surface area is 166 Å². The van der Waals surface area contributed by atoms with Crippen molar-refractivity contribution in [1.82, 2.24) is 4.41 Å². The van der Waals surface area contributed by atoms with Crippen molar-refractivity contribution in [3.05, 3.63) is 65.2 Å². The van der Waals surface area contributed by atoms with E-state index in [1.807, 2.05) is 31.2 Å². The SMILES string of the molecule is CCS(=O)(=O)Nc1cccc(C2=NN(S(C)(=O)=O)[C@H](c3ccc(C)cc3)C2)c1. The Hall–Kier alpha value is -2.39. The van der Waals surface area contributed by atoms with Crippen molar-refractivity contribution >= 4 is 31.4 Å². The Morgan fingerprint density at radius 1 is 1.11 bits per heavy atom. The van der Waals surface area contributed by atoms with E-state index in [4.69, 9.17) is 0 Å². The number of nitrogens with one attached hydrogen (secondary N) is 1. The summed E-state index contributed by atoms with van der Waals surface area (Å²) >= 11 is 0. The molecule has 1 heterocycles. The van der Waals surface area contributed by atoms with Crippen LogP contribution >= 0.6 is 0 Å². The molecule has 0 spiro atoms. The number of hydrazone groups is 1. The van der Waals surface area contributed by atoms with Crippen LogP contribution in [0.1, 0.15) is 36.1 Å². The van der Waals surface area contributed by atoms with Crippen LogP contribution in [0.4, 0.5) is 5.69 Å². The van der Waals surface area contributed by atoms with E-state index < -0.39 is 26.1 Å². The average molecular weight is 422 g/mol. The zero-order valence-corrected chi connectivity index (χ0v) is 17.6. The molecule has 3 rings (SSSR count). The van der Waals surface area contributed by atoms with Gasteiger partial charge in [0.05, 0.1) is 23.8 Å². The molecule has 0 amide bonds. The van der Waals surface area contributed by atoms with Crippen molar-refractivity contribution in [3.63, 3.8) is 0 Å². The number of aryl methyl sites for hydroxylation is 1. The Morgan fingerprint density at radius 3 is 2.39 bits per heavy atom. The Bertz CT molecular complexity index is 1110. The maximum atomic E-state index is 12.3. The van der Waals surface area contributed by atoms with Crippen molar-refractivity contribution < 1.29 is 16.8 Å². The van der Waals surface area contributed by atoms with Crippen LogP contribution in [0, 0.1) is 6.92 Å². The molecule has 7 nitrogen and oxygen atoms in total. The number of rotatable bonds is 6. The maximum absolute atomic E-state index is 12.3. The molecule has 9 heteroatoms. The summed E-state index contributed by atoms with van der Waals surface area (Å²) in [7, 11) is -6.96. The highest BCUT2D eigenvalue weighted by Crippen LogP contribution is 2.35. The molecule has 0 unspecified atom stereocenters. The first-order chi connectivity index (χ1) is 13.1. The summed E-state index contributed by atoms with van der Waals surface area (Å²) in [6.07, 6.45) is 1.53. The van der Waals surface area contributed by atoms with Gasteiger partial charge in [-0.2, -0.15) is 9.52 Å². The van der Waals surface area contributed by atoms with Crippen LogP contribution in [0.3, 0.4) is 0 Å². The fourth-order valence-electron chi connectivity index (χ4n) is 3.02. The molecule has 0 fully saturated rings. The van der Waals surface area contributed by atoms with Gasteiger partial charge in [-0.3, -0.25) is 4.72 Å². The van der Waals surface area contributed by atoms with Crippen molar-refractivity contribution in [3.8, 4) is 0 Å². The molecule has 150 valence electrons. The lowest BCUT2D eigenvalue weighted by molar-refractivity contribution is 0.375. The number of nitrogens with zero attached hydrogens (tertiary/aromatic N) is 2. The monoisotopic (exact) mass is 421 g/mol. The molecule has 0 bridgehead atoms. The number of hydrogen-bond acceptors (Lipinski definition) is 5. The molecule has 0 saturated heterocycles. The van der Waals surface area contributed by atoms with E-state index >= 15 is 0 Å². The first kappa shape index (κ1) is 20.3. The fourth-order valence-corrected chi connectivity index (χ4v) is 4.56. The van der Waals surface area contributed by atoms with Crippen LogP contribution in [-0.4, -0.2) is 39.0 Å². The van der Waals surface area contributed by atoms with Crippen molar-refractivity contribution in [2.75, 3.05) is 16.7 Å². The summed E-state index contributed by atoms with van der Waals surface area (Å²) in [5.41, 5.74) is 3.64. The van der Waals surface area contributed by atoms with Crippen LogP contribution in [0.5, 0.6) is 0 Å². The van der Waals surface area contributed by atoms with E-state index in [2.05, 4.69) is 9.82 Å². The highest BCUT2D eigenvalue weighted by atomic mass is 32.2. The van der Waals surface area contributed by atoms with Gasteiger partial charge in [0.1, 0.15) is 0 Å². The minimum Gasteiger partial charge on any atom is -0.284 e. The Kier molecular flexibility index (Phi) is 5.49. The molecule has 0 radical (unpaired) electrons. The van der Waals surface area contributed by atoms with Crippen LogP contribution in [-0.2, 0) is 20.0 Å². The molecule has 2 aromatic rings. The van der Waals surface area contributed by atoms with Gasteiger partial charge in [-0.1, -0.05) is 42.0 Å². The summed E-state index contributed by atoms with van der Waals surface area (Å²) in [6.45, 7) is 3.53. The second kappa shape index (κ2) is 7.56. The Morgan fingerprint density at radius 2 is 1.79 bits per heavy atom. The first-order valence-corrected chi connectivity index (χ1v) is 12.3. The number of sulfonamides is 2. The highest BCUT2D eigenvalue weighted by Gasteiger charge is 2.34.